The molecule has 4 heterocycles. The Kier molecular flexibility index (Phi) is 7.66. The minimum atomic E-state index is 0.102. The Morgan fingerprint density at radius 1 is 1.06 bits per heavy atom. The molecule has 1 amide bonds. The monoisotopic (exact) mass is 486 g/mol. The van der Waals surface area contributed by atoms with E-state index >= 15 is 0 Å². The molecule has 3 N–H and O–H groups in total. The molecule has 1 atom stereocenters. The molecule has 5 rings (SSSR count). The number of rotatable bonds is 7. The van der Waals surface area contributed by atoms with E-state index < -0.39 is 0 Å². The van der Waals surface area contributed by atoms with Crippen LogP contribution in [0.4, 0.5) is 0 Å². The number of piperidine rings is 2. The molecule has 36 heavy (non-hydrogen) atoms. The van der Waals surface area contributed by atoms with Gasteiger partial charge >= 0.3 is 0 Å². The fraction of sp³-hybridized carbons (Fsp3) is 0.483. The summed E-state index contributed by atoms with van der Waals surface area (Å²) in [5, 5.41) is 18.6. The summed E-state index contributed by atoms with van der Waals surface area (Å²) in [4.78, 5) is 20.3. The number of dihydropyridines is 1. The van der Waals surface area contributed by atoms with Crippen LogP contribution in [0, 0.1) is 22.7 Å². The van der Waals surface area contributed by atoms with Gasteiger partial charge in [0.25, 0.3) is 0 Å². The summed E-state index contributed by atoms with van der Waals surface area (Å²) in [6, 6.07) is 0.415. The Hall–Kier alpha value is -3.19. The number of likely N-dealkylation sites (tertiary alicyclic amines) is 2. The molecule has 0 spiro atoms. The van der Waals surface area contributed by atoms with Crippen LogP contribution < -0.4 is 5.32 Å². The van der Waals surface area contributed by atoms with Crippen molar-refractivity contribution in [2.24, 2.45) is 11.8 Å². The summed E-state index contributed by atoms with van der Waals surface area (Å²) in [7, 11) is 0. The smallest absolute Gasteiger partial charge is 0.225 e. The van der Waals surface area contributed by atoms with Gasteiger partial charge in [0.05, 0.1) is 11.4 Å². The molecule has 0 saturated carbocycles. The third-order valence-electron chi connectivity index (χ3n) is 8.02. The minimum Gasteiger partial charge on any atom is -0.380 e. The van der Waals surface area contributed by atoms with Crippen LogP contribution in [0.3, 0.4) is 0 Å². The fourth-order valence-corrected chi connectivity index (χ4v) is 6.12. The number of carbonyl (C=O) groups excluding carboxylic acids is 1. The molecule has 0 aromatic rings. The van der Waals surface area contributed by atoms with Crippen LogP contribution in [-0.4, -0.2) is 77.8 Å². The lowest BCUT2D eigenvalue weighted by Gasteiger charge is -2.42. The topological polar surface area (TPSA) is 86.5 Å². The van der Waals surface area contributed by atoms with E-state index in [-0.39, 0.29) is 5.92 Å². The number of fused-ring (bicyclic) bond motifs is 1. The number of carbonyl (C=O) groups is 1. The van der Waals surface area contributed by atoms with E-state index in [4.69, 9.17) is 10.8 Å². The zero-order valence-corrected chi connectivity index (χ0v) is 21.0. The van der Waals surface area contributed by atoms with E-state index in [0.717, 1.165) is 64.8 Å². The zero-order valence-electron chi connectivity index (χ0n) is 21.0. The first-order chi connectivity index (χ1) is 17.6. The van der Waals surface area contributed by atoms with Crippen molar-refractivity contribution in [3.05, 3.63) is 71.8 Å². The average Bonchev–Trinajstić information content (AvgIpc) is 3.32. The number of hydrogen-bond acceptors (Lipinski definition) is 6. The third-order valence-corrected chi connectivity index (χ3v) is 8.02. The molecular formula is C29H38N6O. The van der Waals surface area contributed by atoms with Gasteiger partial charge in [-0.1, -0.05) is 24.3 Å². The molecule has 0 radical (unpaired) electrons. The molecule has 1 aliphatic carbocycles. The Morgan fingerprint density at radius 3 is 2.56 bits per heavy atom. The minimum absolute atomic E-state index is 0.102. The molecule has 0 aromatic heterocycles. The molecule has 2 fully saturated rings. The number of nitrogens with zero attached hydrogens (tertiary/aromatic N) is 3. The molecule has 5 aliphatic rings. The lowest BCUT2D eigenvalue weighted by atomic mass is 9.93. The lowest BCUT2D eigenvalue weighted by molar-refractivity contribution is -0.138. The second-order valence-corrected chi connectivity index (χ2v) is 10.3. The van der Waals surface area contributed by atoms with Crippen molar-refractivity contribution in [1.82, 2.24) is 20.0 Å². The van der Waals surface area contributed by atoms with Crippen LogP contribution in [-0.2, 0) is 4.79 Å². The summed E-state index contributed by atoms with van der Waals surface area (Å²) < 4.78 is 0. The molecule has 2 saturated heterocycles. The quantitative estimate of drug-likeness (QED) is 0.480. The van der Waals surface area contributed by atoms with Gasteiger partial charge in [0.15, 0.2) is 0 Å². The summed E-state index contributed by atoms with van der Waals surface area (Å²) in [6.07, 6.45) is 24.9. The summed E-state index contributed by atoms with van der Waals surface area (Å²) in [5.74, 6) is 0.874. The van der Waals surface area contributed by atoms with Crippen molar-refractivity contribution >= 4 is 17.8 Å². The van der Waals surface area contributed by atoms with Gasteiger partial charge in [-0.15, -0.1) is 0 Å². The molecule has 7 nitrogen and oxygen atoms in total. The standard InChI is InChI=1S/C29H38N6O/c30-14-5-7-24(31)21-33-16-10-22(11-17-33)29(36)34-18-12-25(13-19-34)35-27-9-2-1-6-23(27)20-28(35)26-8-3-4-15-32-26/h1-5,7-9,14,20,22-23,25,30-32H,6,10-13,15-19,21H2/b7-5-,30-14?,31-24?. The van der Waals surface area contributed by atoms with Crippen LogP contribution in [0.1, 0.15) is 32.1 Å². The highest BCUT2D eigenvalue weighted by molar-refractivity contribution is 5.96. The van der Waals surface area contributed by atoms with Crippen LogP contribution in [0.15, 0.2) is 71.8 Å². The lowest BCUT2D eigenvalue weighted by Crippen LogP contribution is -2.49. The van der Waals surface area contributed by atoms with Crippen molar-refractivity contribution in [2.45, 2.75) is 38.1 Å². The predicted octanol–water partition coefficient (Wildman–Crippen LogP) is 3.62. The predicted molar refractivity (Wildman–Crippen MR) is 145 cm³/mol. The van der Waals surface area contributed by atoms with Gasteiger partial charge in [-0.3, -0.25) is 9.69 Å². The molecule has 190 valence electrons. The van der Waals surface area contributed by atoms with Gasteiger partial charge in [0.2, 0.25) is 5.91 Å². The average molecular weight is 487 g/mol. The van der Waals surface area contributed by atoms with Gasteiger partial charge in [-0.25, -0.2) is 0 Å². The Morgan fingerprint density at radius 2 is 1.83 bits per heavy atom. The van der Waals surface area contributed by atoms with Crippen LogP contribution in [0.25, 0.3) is 0 Å². The first-order valence-electron chi connectivity index (χ1n) is 13.4. The molecule has 0 bridgehead atoms. The number of allylic oxidation sites excluding steroid dienone is 7. The normalized spacial score (nSPS) is 25.3. The number of hydrogen-bond donors (Lipinski definition) is 3. The summed E-state index contributed by atoms with van der Waals surface area (Å²) in [6.45, 7) is 4.83. The van der Waals surface area contributed by atoms with Crippen molar-refractivity contribution in [3.63, 3.8) is 0 Å². The molecule has 4 aliphatic heterocycles. The highest BCUT2D eigenvalue weighted by Gasteiger charge is 2.38. The van der Waals surface area contributed by atoms with Gasteiger partial charge in [-0.2, -0.15) is 0 Å². The van der Waals surface area contributed by atoms with E-state index in [9.17, 15) is 4.79 Å². The van der Waals surface area contributed by atoms with Gasteiger partial charge in [0, 0.05) is 61.7 Å². The maximum absolute atomic E-state index is 13.3. The Labute approximate surface area is 214 Å². The van der Waals surface area contributed by atoms with Crippen molar-refractivity contribution in [1.29, 1.82) is 10.8 Å². The molecular weight excluding hydrogens is 448 g/mol. The highest BCUT2D eigenvalue weighted by atomic mass is 16.2. The van der Waals surface area contributed by atoms with E-state index in [1.807, 2.05) is 0 Å². The third kappa shape index (κ3) is 5.31. The first-order valence-corrected chi connectivity index (χ1v) is 13.4. The van der Waals surface area contributed by atoms with Crippen molar-refractivity contribution in [2.75, 3.05) is 39.3 Å². The maximum Gasteiger partial charge on any atom is 0.225 e. The van der Waals surface area contributed by atoms with Gasteiger partial charge < -0.3 is 25.9 Å². The van der Waals surface area contributed by atoms with Crippen molar-refractivity contribution in [3.8, 4) is 0 Å². The fourth-order valence-electron chi connectivity index (χ4n) is 6.12. The van der Waals surface area contributed by atoms with Crippen LogP contribution in [0.5, 0.6) is 0 Å². The second-order valence-electron chi connectivity index (χ2n) is 10.3. The van der Waals surface area contributed by atoms with E-state index in [1.165, 1.54) is 23.3 Å². The Bertz CT molecular complexity index is 1050. The molecule has 7 heteroatoms. The zero-order chi connectivity index (χ0) is 24.9. The maximum atomic E-state index is 13.3. The summed E-state index contributed by atoms with van der Waals surface area (Å²) >= 11 is 0. The second kappa shape index (κ2) is 11.2. The molecule has 1 unspecified atom stereocenters. The highest BCUT2D eigenvalue weighted by Crippen LogP contribution is 2.41. The summed E-state index contributed by atoms with van der Waals surface area (Å²) in [5.41, 5.74) is 4.43. The molecule has 0 aromatic carbocycles. The number of nitrogens with one attached hydrogen (secondary N) is 3. The largest absolute Gasteiger partial charge is 0.380 e. The van der Waals surface area contributed by atoms with Gasteiger partial charge in [0.1, 0.15) is 0 Å². The first kappa shape index (κ1) is 24.5. The van der Waals surface area contributed by atoms with E-state index in [2.05, 4.69) is 62.5 Å². The van der Waals surface area contributed by atoms with E-state index in [0.29, 0.717) is 30.1 Å². The van der Waals surface area contributed by atoms with Crippen LogP contribution in [0.2, 0.25) is 0 Å². The van der Waals surface area contributed by atoms with E-state index in [1.54, 1.807) is 12.2 Å². The van der Waals surface area contributed by atoms with Crippen LogP contribution >= 0.6 is 0 Å². The number of amides is 1. The van der Waals surface area contributed by atoms with Gasteiger partial charge in [-0.05, 0) is 75.6 Å². The van der Waals surface area contributed by atoms with Crippen molar-refractivity contribution < 1.29 is 4.79 Å². The Balaban J connectivity index is 1.16. The SMILES string of the molecule is N=C/C=C\C(=N)CN1CCC(C(=O)N2CCC(N3C(C4=CC=CCN4)=CC4CC=CC=C43)CC2)CC1.